The Balaban J connectivity index is 2.25. The molecule has 20 heavy (non-hydrogen) atoms. The Labute approximate surface area is 133 Å². The van der Waals surface area contributed by atoms with Crippen LogP contribution in [0.1, 0.15) is 16.1 Å². The van der Waals surface area contributed by atoms with Gasteiger partial charge in [0.05, 0.1) is 28.2 Å². The Bertz CT molecular complexity index is 729. The van der Waals surface area contributed by atoms with Crippen LogP contribution >= 0.6 is 33.9 Å². The Morgan fingerprint density at radius 1 is 1.45 bits per heavy atom. The Morgan fingerprint density at radius 2 is 2.20 bits per heavy atom. The quantitative estimate of drug-likeness (QED) is 0.716. The highest BCUT2D eigenvalue weighted by Gasteiger charge is 2.18. The lowest BCUT2D eigenvalue weighted by molar-refractivity contribution is 0.0695. The van der Waals surface area contributed by atoms with E-state index in [-0.39, 0.29) is 17.0 Å². The zero-order valence-electron chi connectivity index (χ0n) is 9.91. The molecule has 0 aliphatic rings. The van der Waals surface area contributed by atoms with Gasteiger partial charge in [0.15, 0.2) is 0 Å². The number of thiazole rings is 1. The number of sulfonamides is 1. The first-order valence-corrected chi connectivity index (χ1v) is 8.80. The van der Waals surface area contributed by atoms with Gasteiger partial charge in [-0.3, -0.25) is 0 Å². The number of rotatable bonds is 5. The number of carbonyl (C=O) groups is 1. The van der Waals surface area contributed by atoms with Gasteiger partial charge in [0.2, 0.25) is 10.0 Å². The van der Waals surface area contributed by atoms with Gasteiger partial charge in [-0.15, -0.1) is 11.3 Å². The number of carboxylic acid groups (broad SMARTS) is 1. The molecule has 0 fully saturated rings. The summed E-state index contributed by atoms with van der Waals surface area (Å²) >= 11 is 3.22. The Morgan fingerprint density at radius 3 is 2.80 bits per heavy atom. The van der Waals surface area contributed by atoms with Gasteiger partial charge >= 0.3 is 5.97 Å². The number of benzene rings is 1. The monoisotopic (exact) mass is 424 g/mol. The summed E-state index contributed by atoms with van der Waals surface area (Å²) in [5, 5.41) is 10.7. The van der Waals surface area contributed by atoms with E-state index in [1.165, 1.54) is 23.5 Å². The summed E-state index contributed by atoms with van der Waals surface area (Å²) in [5.74, 6) is -1.16. The molecule has 1 aromatic carbocycles. The molecule has 2 N–H and O–H groups in total. The highest BCUT2D eigenvalue weighted by molar-refractivity contribution is 14.1. The number of hydrogen-bond acceptors (Lipinski definition) is 5. The maximum atomic E-state index is 12.1. The maximum Gasteiger partial charge on any atom is 0.336 e. The number of nitrogens with zero attached hydrogens (tertiary/aromatic N) is 1. The summed E-state index contributed by atoms with van der Waals surface area (Å²) in [4.78, 5) is 14.9. The summed E-state index contributed by atoms with van der Waals surface area (Å²) in [5.41, 5.74) is 2.18. The lowest BCUT2D eigenvalue weighted by Gasteiger charge is -2.07. The molecule has 0 aliphatic carbocycles. The lowest BCUT2D eigenvalue weighted by Crippen LogP contribution is -2.23. The third kappa shape index (κ3) is 3.53. The van der Waals surface area contributed by atoms with Crippen molar-refractivity contribution >= 4 is 49.9 Å². The zero-order chi connectivity index (χ0) is 14.8. The van der Waals surface area contributed by atoms with Gasteiger partial charge in [-0.1, -0.05) is 0 Å². The average Bonchev–Trinajstić information content (AvgIpc) is 2.89. The molecular formula is C11H9IN2O4S2. The normalized spacial score (nSPS) is 11.4. The lowest BCUT2D eigenvalue weighted by atomic mass is 10.2. The van der Waals surface area contributed by atoms with Crippen molar-refractivity contribution in [2.24, 2.45) is 0 Å². The highest BCUT2D eigenvalue weighted by atomic mass is 127. The van der Waals surface area contributed by atoms with Crippen LogP contribution in [0.3, 0.4) is 0 Å². The van der Waals surface area contributed by atoms with E-state index in [9.17, 15) is 13.2 Å². The molecule has 0 saturated carbocycles. The third-order valence-electron chi connectivity index (χ3n) is 2.41. The predicted octanol–water partition coefficient (Wildman–Crippen LogP) is 1.92. The van der Waals surface area contributed by atoms with Crippen LogP contribution in [0.2, 0.25) is 0 Å². The second kappa shape index (κ2) is 6.16. The van der Waals surface area contributed by atoms with Gasteiger partial charge < -0.3 is 5.11 Å². The fourth-order valence-corrected chi connectivity index (χ4v) is 3.56. The molecule has 9 heteroatoms. The van der Waals surface area contributed by atoms with Gasteiger partial charge in [0.1, 0.15) is 0 Å². The van der Waals surface area contributed by atoms with Crippen LogP contribution in [0.15, 0.2) is 34.0 Å². The van der Waals surface area contributed by atoms with Crippen LogP contribution in [0.4, 0.5) is 0 Å². The molecule has 0 aliphatic heterocycles. The van der Waals surface area contributed by atoms with E-state index in [2.05, 4.69) is 9.71 Å². The minimum Gasteiger partial charge on any atom is -0.478 e. The van der Waals surface area contributed by atoms with Gasteiger partial charge in [0.25, 0.3) is 0 Å². The second-order valence-corrected chi connectivity index (χ2v) is 7.40. The second-order valence-electron chi connectivity index (χ2n) is 3.75. The topological polar surface area (TPSA) is 96.4 Å². The highest BCUT2D eigenvalue weighted by Crippen LogP contribution is 2.18. The molecule has 2 rings (SSSR count). The summed E-state index contributed by atoms with van der Waals surface area (Å²) < 4.78 is 27.0. The first-order chi connectivity index (χ1) is 9.40. The van der Waals surface area contributed by atoms with Crippen LogP contribution < -0.4 is 4.72 Å². The molecular weight excluding hydrogens is 415 g/mol. The maximum absolute atomic E-state index is 12.1. The van der Waals surface area contributed by atoms with Crippen molar-refractivity contribution < 1.29 is 18.3 Å². The summed E-state index contributed by atoms with van der Waals surface area (Å²) in [7, 11) is -3.76. The van der Waals surface area contributed by atoms with E-state index in [0.29, 0.717) is 9.26 Å². The average molecular weight is 424 g/mol. The van der Waals surface area contributed by atoms with Crippen molar-refractivity contribution in [3.05, 3.63) is 43.9 Å². The van der Waals surface area contributed by atoms with Crippen molar-refractivity contribution in [1.29, 1.82) is 0 Å². The van der Waals surface area contributed by atoms with Crippen molar-refractivity contribution in [1.82, 2.24) is 9.71 Å². The number of aromatic carboxylic acids is 1. The fraction of sp³-hybridized carbons (Fsp3) is 0.0909. The van der Waals surface area contributed by atoms with E-state index in [1.807, 2.05) is 22.6 Å². The van der Waals surface area contributed by atoms with Crippen LogP contribution in [0, 0.1) is 3.57 Å². The molecule has 2 aromatic rings. The standard InChI is InChI=1S/C11H9IN2O4S2/c12-10-2-1-8(3-9(10)11(15)16)20(17,18)14-4-7-5-19-6-13-7/h1-3,5-6,14H,4H2,(H,15,16). The smallest absolute Gasteiger partial charge is 0.336 e. The van der Waals surface area contributed by atoms with Crippen molar-refractivity contribution in [2.75, 3.05) is 0 Å². The number of halogens is 1. The van der Waals surface area contributed by atoms with Gasteiger partial charge in [-0.2, -0.15) is 0 Å². The zero-order valence-corrected chi connectivity index (χ0v) is 13.7. The van der Waals surface area contributed by atoms with Gasteiger partial charge in [-0.25, -0.2) is 22.9 Å². The predicted molar refractivity (Wildman–Crippen MR) is 82.3 cm³/mol. The molecule has 106 valence electrons. The number of carboxylic acids is 1. The minimum absolute atomic E-state index is 0.0397. The van der Waals surface area contributed by atoms with E-state index in [4.69, 9.17) is 5.11 Å². The molecule has 0 unspecified atom stereocenters. The minimum atomic E-state index is -3.76. The molecule has 1 aromatic heterocycles. The summed E-state index contributed by atoms with van der Waals surface area (Å²) in [6.07, 6.45) is 0. The molecule has 0 bridgehead atoms. The Kier molecular flexibility index (Phi) is 4.73. The number of nitrogens with one attached hydrogen (secondary N) is 1. The first kappa shape index (κ1) is 15.4. The summed E-state index contributed by atoms with van der Waals surface area (Å²) in [6, 6.07) is 3.98. The molecule has 1 heterocycles. The largest absolute Gasteiger partial charge is 0.478 e. The summed E-state index contributed by atoms with van der Waals surface area (Å²) in [6.45, 7) is 0.0697. The van der Waals surface area contributed by atoms with Crippen LogP contribution in [0.25, 0.3) is 0 Å². The molecule has 6 nitrogen and oxygen atoms in total. The van der Waals surface area contributed by atoms with Crippen molar-refractivity contribution in [3.8, 4) is 0 Å². The fourth-order valence-electron chi connectivity index (χ4n) is 1.41. The number of aromatic nitrogens is 1. The van der Waals surface area contributed by atoms with Crippen molar-refractivity contribution in [2.45, 2.75) is 11.4 Å². The van der Waals surface area contributed by atoms with Gasteiger partial charge in [-0.05, 0) is 40.8 Å². The Hall–Kier alpha value is -1.04. The van der Waals surface area contributed by atoms with E-state index in [0.717, 1.165) is 6.07 Å². The van der Waals surface area contributed by atoms with E-state index < -0.39 is 16.0 Å². The molecule has 0 radical (unpaired) electrons. The molecule has 0 spiro atoms. The molecule has 0 saturated heterocycles. The van der Waals surface area contributed by atoms with Crippen LogP contribution in [0.5, 0.6) is 0 Å². The SMILES string of the molecule is O=C(O)c1cc(S(=O)(=O)NCc2cscn2)ccc1I. The van der Waals surface area contributed by atoms with E-state index in [1.54, 1.807) is 10.9 Å². The molecule has 0 amide bonds. The number of hydrogen-bond donors (Lipinski definition) is 2. The van der Waals surface area contributed by atoms with E-state index >= 15 is 0 Å². The van der Waals surface area contributed by atoms with Crippen molar-refractivity contribution in [3.63, 3.8) is 0 Å². The molecule has 0 atom stereocenters. The third-order valence-corrected chi connectivity index (χ3v) is 5.38. The van der Waals surface area contributed by atoms with Gasteiger partial charge in [0, 0.05) is 8.95 Å². The van der Waals surface area contributed by atoms with Crippen LogP contribution in [-0.2, 0) is 16.6 Å². The van der Waals surface area contributed by atoms with Crippen LogP contribution in [-0.4, -0.2) is 24.5 Å². The first-order valence-electron chi connectivity index (χ1n) is 5.30.